The van der Waals surface area contributed by atoms with E-state index in [0.29, 0.717) is 11.5 Å². The van der Waals surface area contributed by atoms with E-state index in [1.54, 1.807) is 44.9 Å². The van der Waals surface area contributed by atoms with Crippen LogP contribution in [0.5, 0.6) is 17.2 Å². The van der Waals surface area contributed by atoms with Crippen LogP contribution >= 0.6 is 23.5 Å². The fraction of sp³-hybridized carbons (Fsp3) is 0.128. The predicted molar refractivity (Wildman–Crippen MR) is 226 cm³/mol. The molecule has 0 N–H and O–H groups in total. The molecule has 0 spiro atoms. The average molecular weight is 759 g/mol. The lowest BCUT2D eigenvalue weighted by Gasteiger charge is -2.28. The zero-order valence-corrected chi connectivity index (χ0v) is 33.6. The van der Waals surface area contributed by atoms with Gasteiger partial charge in [-0.3, -0.25) is 4.79 Å². The van der Waals surface area contributed by atoms with Crippen molar-refractivity contribution in [2.24, 2.45) is 0 Å². The van der Waals surface area contributed by atoms with Crippen molar-refractivity contribution >= 4 is 53.3 Å². The second kappa shape index (κ2) is 13.3. The summed E-state index contributed by atoms with van der Waals surface area (Å²) in [5, 5.41) is 3.48. The van der Waals surface area contributed by atoms with Crippen molar-refractivity contribution in [3.8, 4) is 61.8 Å². The van der Waals surface area contributed by atoms with Crippen LogP contribution in [0.15, 0.2) is 141 Å². The molecule has 54 heavy (non-hydrogen) atoms. The summed E-state index contributed by atoms with van der Waals surface area (Å²) in [4.78, 5) is 19.6. The topological polar surface area (TPSA) is 44.8 Å². The molecule has 0 saturated carbocycles. The molecular weight excluding hydrogens is 721 g/mol. The number of fused-ring (bicyclic) bond motifs is 7. The molecule has 0 heterocycles. The van der Waals surface area contributed by atoms with E-state index in [1.165, 1.54) is 21.0 Å². The summed E-state index contributed by atoms with van der Waals surface area (Å²) in [6, 6.07) is 42.1. The Morgan fingerprint density at radius 2 is 0.981 bits per heavy atom. The highest BCUT2D eigenvalue weighted by atomic mass is 32.2. The first-order chi connectivity index (χ1) is 26.2. The highest BCUT2D eigenvalue weighted by Gasteiger charge is 2.43. The third-order valence-electron chi connectivity index (χ3n) is 10.4. The van der Waals surface area contributed by atoms with Gasteiger partial charge in [0.25, 0.3) is 0 Å². The summed E-state index contributed by atoms with van der Waals surface area (Å²) in [6.07, 6.45) is 0. The normalized spacial score (nSPS) is 12.4. The van der Waals surface area contributed by atoms with Crippen LogP contribution in [0.3, 0.4) is 0 Å². The van der Waals surface area contributed by atoms with Gasteiger partial charge in [0.1, 0.15) is 5.75 Å². The molecular formula is C47H38O4S2Si. The molecule has 7 aromatic rings. The Morgan fingerprint density at radius 1 is 0.481 bits per heavy atom. The van der Waals surface area contributed by atoms with E-state index in [0.717, 1.165) is 75.9 Å². The van der Waals surface area contributed by atoms with Crippen LogP contribution < -0.4 is 19.4 Å². The Bertz CT molecular complexity index is 2650. The van der Waals surface area contributed by atoms with Gasteiger partial charge < -0.3 is 14.2 Å². The van der Waals surface area contributed by atoms with Crippen molar-refractivity contribution < 1.29 is 19.0 Å². The standard InChI is InChI=1S/C47H38O4S2Si/c1-49-28-23-21-27(22-24-28)37-41-38-31-19-13-14-20-32(31)44(48)43(38)47(54(4,5)6)40-34-26-36(51-3)35(50-2)25-33(34)39(42(40)41)46(53-30-17-11-8-12-18-30)45(37)52-29-15-9-7-10-16-29/h7-26H,1-6H3. The summed E-state index contributed by atoms with van der Waals surface area (Å²) < 4.78 is 17.7. The average Bonchev–Trinajstić information content (AvgIpc) is 3.67. The van der Waals surface area contributed by atoms with Gasteiger partial charge in [0.15, 0.2) is 17.3 Å². The summed E-state index contributed by atoms with van der Waals surface area (Å²) in [7, 11) is 2.85. The lowest BCUT2D eigenvalue weighted by molar-refractivity contribution is 0.104. The number of methoxy groups -OCH3 is 3. The van der Waals surface area contributed by atoms with E-state index in [2.05, 4.69) is 117 Å². The van der Waals surface area contributed by atoms with Crippen LogP contribution in [-0.4, -0.2) is 35.2 Å². The first-order valence-corrected chi connectivity index (χ1v) is 23.1. The second-order valence-corrected chi connectivity index (χ2v) is 21.8. The maximum absolute atomic E-state index is 15.0. The Hall–Kier alpha value is -5.21. The minimum absolute atomic E-state index is 0.104. The number of benzene rings is 7. The summed E-state index contributed by atoms with van der Waals surface area (Å²) in [5.74, 6) is 2.24. The molecule has 0 aliphatic heterocycles. The number of hydrogen-bond donors (Lipinski definition) is 0. The third kappa shape index (κ3) is 5.32. The number of hydrogen-bond acceptors (Lipinski definition) is 6. The van der Waals surface area contributed by atoms with Gasteiger partial charge in [-0.2, -0.15) is 0 Å². The van der Waals surface area contributed by atoms with Crippen LogP contribution in [0, 0.1) is 0 Å². The molecule has 266 valence electrons. The quantitative estimate of drug-likeness (QED) is 0.137. The molecule has 2 aliphatic rings. The SMILES string of the molecule is COc1ccc(-c2c(Sc3ccccc3)c(Sc3ccccc3)c3c4c(c([Si](C)(C)C)c5c(c24)-c2ccccc2C5=O)-c2cc(OC)c(OC)cc2-3)cc1. The minimum atomic E-state index is -2.24. The predicted octanol–water partition coefficient (Wildman–Crippen LogP) is 12.2. The maximum Gasteiger partial charge on any atom is 0.194 e. The highest BCUT2D eigenvalue weighted by molar-refractivity contribution is 8.02. The Kier molecular flexibility index (Phi) is 8.49. The Balaban J connectivity index is 1.58. The van der Waals surface area contributed by atoms with E-state index in [9.17, 15) is 4.79 Å². The molecule has 0 fully saturated rings. The van der Waals surface area contributed by atoms with Gasteiger partial charge >= 0.3 is 0 Å². The number of rotatable bonds is 9. The van der Waals surface area contributed by atoms with E-state index >= 15 is 0 Å². The van der Waals surface area contributed by atoms with Gasteiger partial charge in [-0.1, -0.05) is 116 Å². The van der Waals surface area contributed by atoms with Crippen molar-refractivity contribution in [3.63, 3.8) is 0 Å². The molecule has 0 atom stereocenters. The maximum atomic E-state index is 15.0. The van der Waals surface area contributed by atoms with Crippen LogP contribution in [-0.2, 0) is 0 Å². The fourth-order valence-electron chi connectivity index (χ4n) is 8.24. The van der Waals surface area contributed by atoms with Gasteiger partial charge in [-0.15, -0.1) is 0 Å². The van der Waals surface area contributed by atoms with Gasteiger partial charge in [0.05, 0.1) is 29.4 Å². The molecule has 7 heteroatoms. The molecule has 0 bridgehead atoms. The molecule has 9 rings (SSSR count). The molecule has 2 aliphatic carbocycles. The number of ether oxygens (including phenoxy) is 3. The van der Waals surface area contributed by atoms with Gasteiger partial charge in [0.2, 0.25) is 0 Å². The Labute approximate surface area is 325 Å². The number of carbonyl (C=O) groups is 1. The van der Waals surface area contributed by atoms with Gasteiger partial charge in [0, 0.05) is 52.8 Å². The molecule has 4 nitrogen and oxygen atoms in total. The van der Waals surface area contributed by atoms with E-state index in [1.807, 2.05) is 24.3 Å². The van der Waals surface area contributed by atoms with Crippen molar-refractivity contribution in [2.45, 2.75) is 39.2 Å². The molecule has 0 radical (unpaired) electrons. The third-order valence-corrected chi connectivity index (χ3v) is 14.8. The molecule has 0 unspecified atom stereocenters. The first kappa shape index (κ1) is 34.5. The zero-order chi connectivity index (χ0) is 37.3. The highest BCUT2D eigenvalue weighted by Crippen LogP contribution is 2.62. The lowest BCUT2D eigenvalue weighted by atomic mass is 9.87. The van der Waals surface area contributed by atoms with Gasteiger partial charge in [-0.05, 0) is 86.9 Å². The van der Waals surface area contributed by atoms with Crippen molar-refractivity contribution in [1.82, 2.24) is 0 Å². The van der Waals surface area contributed by atoms with E-state index < -0.39 is 8.07 Å². The van der Waals surface area contributed by atoms with Crippen molar-refractivity contribution in [3.05, 3.63) is 132 Å². The van der Waals surface area contributed by atoms with E-state index in [4.69, 9.17) is 14.2 Å². The van der Waals surface area contributed by atoms with Crippen molar-refractivity contribution in [1.29, 1.82) is 0 Å². The number of ketones is 1. The number of carbonyl (C=O) groups excluding carboxylic acids is 1. The molecule has 0 aromatic heterocycles. The molecule has 0 saturated heterocycles. The summed E-state index contributed by atoms with van der Waals surface area (Å²) >= 11 is 3.57. The molecule has 7 aromatic carbocycles. The Morgan fingerprint density at radius 3 is 1.52 bits per heavy atom. The smallest absolute Gasteiger partial charge is 0.194 e. The van der Waals surface area contributed by atoms with Gasteiger partial charge in [-0.25, -0.2) is 0 Å². The van der Waals surface area contributed by atoms with Crippen LogP contribution in [0.1, 0.15) is 15.9 Å². The van der Waals surface area contributed by atoms with Crippen LogP contribution in [0.2, 0.25) is 19.6 Å². The second-order valence-electron chi connectivity index (χ2n) is 14.6. The minimum Gasteiger partial charge on any atom is -0.497 e. The summed E-state index contributed by atoms with van der Waals surface area (Å²) in [5.41, 5.74) is 10.3. The van der Waals surface area contributed by atoms with Crippen molar-refractivity contribution in [2.75, 3.05) is 21.3 Å². The largest absolute Gasteiger partial charge is 0.497 e. The fourth-order valence-corrected chi connectivity index (χ4v) is 12.6. The molecule has 0 amide bonds. The van der Waals surface area contributed by atoms with E-state index in [-0.39, 0.29) is 5.78 Å². The lowest BCUT2D eigenvalue weighted by Crippen LogP contribution is -2.42. The first-order valence-electron chi connectivity index (χ1n) is 18.0. The van der Waals surface area contributed by atoms with Crippen LogP contribution in [0.4, 0.5) is 0 Å². The summed E-state index contributed by atoms with van der Waals surface area (Å²) in [6.45, 7) is 7.09. The zero-order valence-electron chi connectivity index (χ0n) is 31.0. The van der Waals surface area contributed by atoms with Crippen LogP contribution in [0.25, 0.3) is 55.3 Å². The monoisotopic (exact) mass is 758 g/mol.